The van der Waals surface area contributed by atoms with Gasteiger partial charge in [-0.25, -0.2) is 0 Å². The molecule has 0 aromatic rings. The average Bonchev–Trinajstić information content (AvgIpc) is 2.30. The van der Waals surface area contributed by atoms with Gasteiger partial charge in [0.25, 0.3) is 0 Å². The second-order valence-electron chi connectivity index (χ2n) is 7.58. The highest BCUT2D eigenvalue weighted by molar-refractivity contribution is 8.76. The Morgan fingerprint density at radius 3 is 1.14 bits per heavy atom. The summed E-state index contributed by atoms with van der Waals surface area (Å²) in [7, 11) is 2.49. The fraction of sp³-hybridized carbons (Fsp3) is 0.857. The van der Waals surface area contributed by atoms with E-state index < -0.39 is 33.8 Å². The lowest BCUT2D eigenvalue weighted by molar-refractivity contribution is -0.147. The van der Waals surface area contributed by atoms with Crippen LogP contribution in [0.1, 0.15) is 41.5 Å². The summed E-state index contributed by atoms with van der Waals surface area (Å²) in [6.07, 6.45) is 0. The second kappa shape index (κ2) is 6.98. The van der Waals surface area contributed by atoms with Gasteiger partial charge in [-0.15, -0.1) is 0 Å². The van der Waals surface area contributed by atoms with Gasteiger partial charge in [0.1, 0.15) is 11.1 Å². The summed E-state index contributed by atoms with van der Waals surface area (Å²) in [5, 5.41) is 18.8. The Kier molecular flexibility index (Phi) is 6.84. The molecule has 0 aromatic carbocycles. The standard InChI is InChI=1S/C14H28N2O4S2/c1-11(2,3)13(15,9(17)18)7-21-22-8-14(16,10(19)20)12(4,5)6/h7-8,15-16H2,1-6H3,(H,17,18)(H,19,20)/t13-,14-/m0/s1. The Morgan fingerprint density at radius 2 is 1.00 bits per heavy atom. The molecule has 0 saturated heterocycles. The summed E-state index contributed by atoms with van der Waals surface area (Å²) in [6, 6.07) is 0. The summed E-state index contributed by atoms with van der Waals surface area (Å²) < 4.78 is 0. The number of hydrogen-bond donors (Lipinski definition) is 4. The molecule has 2 atom stereocenters. The number of carboxylic acid groups (broad SMARTS) is 2. The SMILES string of the molecule is CC(C)(C)[C@](N)(CSSC[C@](N)(C(=O)O)C(C)(C)C)C(=O)O. The van der Waals surface area contributed by atoms with Crippen LogP contribution in [0, 0.1) is 10.8 Å². The van der Waals surface area contributed by atoms with Gasteiger partial charge < -0.3 is 21.7 Å². The quantitative estimate of drug-likeness (QED) is 0.405. The first-order valence-electron chi connectivity index (χ1n) is 6.88. The maximum atomic E-state index is 11.5. The molecular weight excluding hydrogens is 324 g/mol. The van der Waals surface area contributed by atoms with Crippen molar-refractivity contribution in [1.29, 1.82) is 0 Å². The van der Waals surface area contributed by atoms with Gasteiger partial charge in [-0.1, -0.05) is 63.1 Å². The molecule has 0 rings (SSSR count). The first kappa shape index (κ1) is 21.6. The minimum Gasteiger partial charge on any atom is -0.480 e. The molecule has 0 aromatic heterocycles. The van der Waals surface area contributed by atoms with Crippen LogP contribution in [-0.4, -0.2) is 44.7 Å². The fourth-order valence-electron chi connectivity index (χ4n) is 1.47. The zero-order valence-electron chi connectivity index (χ0n) is 14.1. The van der Waals surface area contributed by atoms with E-state index in [0.29, 0.717) is 0 Å². The largest absolute Gasteiger partial charge is 0.480 e. The maximum Gasteiger partial charge on any atom is 0.325 e. The lowest BCUT2D eigenvalue weighted by Crippen LogP contribution is -2.60. The Hall–Kier alpha value is -0.440. The molecule has 0 aliphatic rings. The van der Waals surface area contributed by atoms with Crippen molar-refractivity contribution >= 4 is 33.5 Å². The van der Waals surface area contributed by atoms with Crippen molar-refractivity contribution in [2.75, 3.05) is 11.5 Å². The van der Waals surface area contributed by atoms with Gasteiger partial charge in [-0.2, -0.15) is 0 Å². The second-order valence-corrected chi connectivity index (χ2v) is 10.0. The van der Waals surface area contributed by atoms with E-state index in [-0.39, 0.29) is 11.5 Å². The summed E-state index contributed by atoms with van der Waals surface area (Å²) in [5.41, 5.74) is 8.03. The highest BCUT2D eigenvalue weighted by atomic mass is 33.1. The highest BCUT2D eigenvalue weighted by Gasteiger charge is 2.47. The van der Waals surface area contributed by atoms with Crippen LogP contribution in [-0.2, 0) is 9.59 Å². The van der Waals surface area contributed by atoms with Crippen LogP contribution in [0.4, 0.5) is 0 Å². The van der Waals surface area contributed by atoms with Crippen molar-refractivity contribution in [3.63, 3.8) is 0 Å². The van der Waals surface area contributed by atoms with Gasteiger partial charge >= 0.3 is 11.9 Å². The number of nitrogens with two attached hydrogens (primary N) is 2. The van der Waals surface area contributed by atoms with Crippen LogP contribution in [0.2, 0.25) is 0 Å². The van der Waals surface area contributed by atoms with E-state index in [0.717, 1.165) is 0 Å². The molecule has 0 fully saturated rings. The molecule has 6 nitrogen and oxygen atoms in total. The van der Waals surface area contributed by atoms with Crippen LogP contribution in [0.5, 0.6) is 0 Å². The predicted molar refractivity (Wildman–Crippen MR) is 92.9 cm³/mol. The minimum absolute atomic E-state index is 0.163. The van der Waals surface area contributed by atoms with E-state index in [2.05, 4.69) is 0 Å². The summed E-state index contributed by atoms with van der Waals surface area (Å²) in [6.45, 7) is 10.6. The number of carboxylic acids is 2. The van der Waals surface area contributed by atoms with Gasteiger partial charge in [0, 0.05) is 11.5 Å². The minimum atomic E-state index is -1.40. The van der Waals surface area contributed by atoms with Crippen molar-refractivity contribution < 1.29 is 19.8 Å². The van der Waals surface area contributed by atoms with Gasteiger partial charge in [-0.3, -0.25) is 9.59 Å². The Labute approximate surface area is 140 Å². The van der Waals surface area contributed by atoms with E-state index in [1.54, 1.807) is 41.5 Å². The molecule has 0 radical (unpaired) electrons. The molecule has 22 heavy (non-hydrogen) atoms. The number of aliphatic carboxylic acids is 2. The molecule has 6 N–H and O–H groups in total. The zero-order chi connectivity index (χ0) is 18.0. The maximum absolute atomic E-state index is 11.5. The van der Waals surface area contributed by atoms with Gasteiger partial charge in [0.2, 0.25) is 0 Å². The van der Waals surface area contributed by atoms with Gasteiger partial charge in [-0.05, 0) is 10.8 Å². The summed E-state index contributed by atoms with van der Waals surface area (Å²) in [5.74, 6) is -1.81. The Bertz CT molecular complexity index is 392. The van der Waals surface area contributed by atoms with E-state index in [4.69, 9.17) is 11.5 Å². The molecule has 0 bridgehead atoms. The lowest BCUT2D eigenvalue weighted by atomic mass is 9.75. The molecule has 0 aliphatic heterocycles. The molecule has 0 amide bonds. The van der Waals surface area contributed by atoms with Crippen molar-refractivity contribution in [2.24, 2.45) is 22.3 Å². The third-order valence-electron chi connectivity index (χ3n) is 4.10. The normalized spacial score (nSPS) is 18.4. The average molecular weight is 353 g/mol. The first-order chi connectivity index (χ1) is 9.59. The van der Waals surface area contributed by atoms with Crippen LogP contribution in [0.3, 0.4) is 0 Å². The van der Waals surface area contributed by atoms with Crippen LogP contribution in [0.15, 0.2) is 0 Å². The van der Waals surface area contributed by atoms with Crippen molar-refractivity contribution in [3.8, 4) is 0 Å². The number of hydrogen-bond acceptors (Lipinski definition) is 6. The van der Waals surface area contributed by atoms with Gasteiger partial charge in [0.05, 0.1) is 0 Å². The molecule has 0 saturated carbocycles. The summed E-state index contributed by atoms with van der Waals surface area (Å²) in [4.78, 5) is 22.9. The van der Waals surface area contributed by atoms with E-state index in [1.165, 1.54) is 21.6 Å². The smallest absolute Gasteiger partial charge is 0.325 e. The topological polar surface area (TPSA) is 127 Å². The zero-order valence-corrected chi connectivity index (χ0v) is 15.7. The van der Waals surface area contributed by atoms with Crippen LogP contribution >= 0.6 is 21.6 Å². The van der Waals surface area contributed by atoms with Gasteiger partial charge in [0.15, 0.2) is 0 Å². The fourth-order valence-corrected chi connectivity index (χ4v) is 4.73. The number of carbonyl (C=O) groups is 2. The molecule has 0 heterocycles. The third kappa shape index (κ3) is 4.53. The number of rotatable bonds is 7. The predicted octanol–water partition coefficient (Wildman–Crippen LogP) is 2.02. The molecule has 130 valence electrons. The molecule has 0 unspecified atom stereocenters. The first-order valence-corrected chi connectivity index (χ1v) is 9.37. The lowest BCUT2D eigenvalue weighted by Gasteiger charge is -2.39. The van der Waals surface area contributed by atoms with Crippen molar-refractivity contribution in [1.82, 2.24) is 0 Å². The molecule has 0 aliphatic carbocycles. The van der Waals surface area contributed by atoms with Crippen LogP contribution < -0.4 is 11.5 Å². The van der Waals surface area contributed by atoms with E-state index in [1.807, 2.05) is 0 Å². The van der Waals surface area contributed by atoms with Crippen molar-refractivity contribution in [3.05, 3.63) is 0 Å². The molecule has 0 spiro atoms. The van der Waals surface area contributed by atoms with E-state index in [9.17, 15) is 19.8 Å². The summed E-state index contributed by atoms with van der Waals surface area (Å²) >= 11 is 0. The van der Waals surface area contributed by atoms with E-state index >= 15 is 0 Å². The molecule has 8 heteroatoms. The van der Waals surface area contributed by atoms with Crippen LogP contribution in [0.25, 0.3) is 0 Å². The van der Waals surface area contributed by atoms with Crippen molar-refractivity contribution in [2.45, 2.75) is 52.6 Å². The highest BCUT2D eigenvalue weighted by Crippen LogP contribution is 2.39. The molecular formula is C14H28N2O4S2. The monoisotopic (exact) mass is 352 g/mol. The Morgan fingerprint density at radius 1 is 0.773 bits per heavy atom. The Balaban J connectivity index is 4.85. The third-order valence-corrected chi connectivity index (χ3v) is 6.62.